The highest BCUT2D eigenvalue weighted by atomic mass is 19.1. The van der Waals surface area contributed by atoms with Gasteiger partial charge in [0.1, 0.15) is 5.82 Å². The van der Waals surface area contributed by atoms with E-state index in [9.17, 15) is 4.39 Å². The minimum absolute atomic E-state index is 0.0290. The fourth-order valence-electron chi connectivity index (χ4n) is 5.20. The number of aryl methyl sites for hydroxylation is 1. The number of halogens is 1. The number of pyridine rings is 1. The van der Waals surface area contributed by atoms with E-state index in [0.717, 1.165) is 24.8 Å². The van der Waals surface area contributed by atoms with Crippen molar-refractivity contribution in [3.05, 3.63) is 65.6 Å². The van der Waals surface area contributed by atoms with Crippen LogP contribution in [0.2, 0.25) is 0 Å². The van der Waals surface area contributed by atoms with Crippen molar-refractivity contribution in [2.75, 3.05) is 0 Å². The molecule has 0 fully saturated rings. The highest BCUT2D eigenvalue weighted by molar-refractivity contribution is 5.94. The molecule has 0 aliphatic carbocycles. The Morgan fingerprint density at radius 3 is 2.46 bits per heavy atom. The molecule has 0 saturated carbocycles. The van der Waals surface area contributed by atoms with E-state index in [1.807, 2.05) is 13.0 Å². The highest BCUT2D eigenvalue weighted by Crippen LogP contribution is 2.50. The van der Waals surface area contributed by atoms with Crippen molar-refractivity contribution in [2.24, 2.45) is 0 Å². The van der Waals surface area contributed by atoms with Gasteiger partial charge in [0, 0.05) is 12.5 Å². The predicted molar refractivity (Wildman–Crippen MR) is 106 cm³/mol. The fourth-order valence-corrected chi connectivity index (χ4v) is 5.20. The molecule has 0 N–H and O–H groups in total. The van der Waals surface area contributed by atoms with Crippen LogP contribution in [0.25, 0.3) is 22.0 Å². The van der Waals surface area contributed by atoms with Gasteiger partial charge in [-0.15, -0.1) is 0 Å². The third-order valence-electron chi connectivity index (χ3n) is 6.60. The van der Waals surface area contributed by atoms with E-state index in [2.05, 4.69) is 67.9 Å². The second-order valence-electron chi connectivity index (χ2n) is 7.59. The summed E-state index contributed by atoms with van der Waals surface area (Å²) in [4.78, 5) is 0. The maximum Gasteiger partial charge on any atom is 0.220 e. The lowest BCUT2D eigenvalue weighted by Gasteiger charge is -2.41. The van der Waals surface area contributed by atoms with Gasteiger partial charge in [-0.05, 0) is 54.5 Å². The topological polar surface area (TPSA) is 3.88 Å². The van der Waals surface area contributed by atoms with Gasteiger partial charge in [0.25, 0.3) is 0 Å². The Bertz CT molecular complexity index is 985. The summed E-state index contributed by atoms with van der Waals surface area (Å²) in [5.41, 5.74) is 4.33. The van der Waals surface area contributed by atoms with Crippen molar-refractivity contribution in [1.29, 1.82) is 0 Å². The van der Waals surface area contributed by atoms with Crippen LogP contribution in [0, 0.1) is 12.7 Å². The zero-order chi connectivity index (χ0) is 18.5. The third kappa shape index (κ3) is 2.17. The van der Waals surface area contributed by atoms with Crippen LogP contribution in [0.1, 0.15) is 57.2 Å². The molecule has 2 heterocycles. The van der Waals surface area contributed by atoms with Crippen molar-refractivity contribution in [2.45, 2.75) is 58.4 Å². The maximum absolute atomic E-state index is 14.6. The summed E-state index contributed by atoms with van der Waals surface area (Å²) in [6.07, 6.45) is 5.30. The second kappa shape index (κ2) is 6.19. The molecule has 0 bridgehead atoms. The molecule has 4 rings (SSSR count). The number of nitrogens with zero attached hydrogens (tertiary/aromatic N) is 1. The molecule has 134 valence electrons. The zero-order valence-electron chi connectivity index (χ0n) is 16.1. The van der Waals surface area contributed by atoms with Gasteiger partial charge in [0.2, 0.25) is 5.69 Å². The molecule has 1 aromatic heterocycles. The number of hydrogen-bond donors (Lipinski definition) is 0. The van der Waals surface area contributed by atoms with Gasteiger partial charge in [-0.1, -0.05) is 39.0 Å². The van der Waals surface area contributed by atoms with Crippen LogP contribution in [0.3, 0.4) is 0 Å². The van der Waals surface area contributed by atoms with Gasteiger partial charge in [0.05, 0.1) is 16.4 Å². The van der Waals surface area contributed by atoms with E-state index in [-0.39, 0.29) is 11.2 Å². The Morgan fingerprint density at radius 2 is 1.77 bits per heavy atom. The molecule has 0 saturated heterocycles. The molecular formula is C24H27FN+. The van der Waals surface area contributed by atoms with E-state index in [1.165, 1.54) is 27.6 Å². The first-order valence-electron chi connectivity index (χ1n) is 9.81. The van der Waals surface area contributed by atoms with Crippen LogP contribution in [0.15, 0.2) is 48.7 Å². The maximum atomic E-state index is 14.6. The smallest absolute Gasteiger partial charge is 0.207 e. The van der Waals surface area contributed by atoms with E-state index < -0.39 is 0 Å². The molecule has 1 aliphatic heterocycles. The van der Waals surface area contributed by atoms with E-state index in [1.54, 1.807) is 0 Å². The summed E-state index contributed by atoms with van der Waals surface area (Å²) in [7, 11) is 0. The zero-order valence-corrected chi connectivity index (χ0v) is 16.1. The molecule has 26 heavy (non-hydrogen) atoms. The minimum Gasteiger partial charge on any atom is -0.207 e. The molecule has 2 heteroatoms. The number of fused-ring (bicyclic) bond motifs is 5. The summed E-state index contributed by atoms with van der Waals surface area (Å²) in [5.74, 6) is -0.0847. The minimum atomic E-state index is -0.0847. The van der Waals surface area contributed by atoms with Gasteiger partial charge >= 0.3 is 0 Å². The summed E-state index contributed by atoms with van der Waals surface area (Å²) in [6, 6.07) is 15.0. The molecule has 1 aliphatic rings. The Hall–Kier alpha value is -2.22. The molecule has 0 spiro atoms. The van der Waals surface area contributed by atoms with E-state index in [4.69, 9.17) is 0 Å². The summed E-state index contributed by atoms with van der Waals surface area (Å²) in [5, 5.41) is 2.49. The van der Waals surface area contributed by atoms with Crippen LogP contribution in [0.5, 0.6) is 0 Å². The monoisotopic (exact) mass is 348 g/mol. The molecule has 1 nitrogen and oxygen atoms in total. The van der Waals surface area contributed by atoms with Crippen LogP contribution in [0.4, 0.5) is 4.39 Å². The van der Waals surface area contributed by atoms with Crippen LogP contribution >= 0.6 is 0 Å². The fraction of sp³-hybridized carbons (Fsp3) is 0.375. The van der Waals surface area contributed by atoms with Crippen molar-refractivity contribution in [1.82, 2.24) is 0 Å². The van der Waals surface area contributed by atoms with Gasteiger partial charge in [-0.2, -0.15) is 4.57 Å². The lowest BCUT2D eigenvalue weighted by molar-refractivity contribution is -0.724. The van der Waals surface area contributed by atoms with E-state index in [0.29, 0.717) is 6.04 Å². The van der Waals surface area contributed by atoms with Gasteiger partial charge < -0.3 is 0 Å². The SMILES string of the molecule is CCC1[n+]2ccc3ccccc3c2-c2cc(C)c(F)cc2C1(CC)CC. The van der Waals surface area contributed by atoms with Gasteiger partial charge in [0.15, 0.2) is 12.2 Å². The molecule has 0 amide bonds. The Kier molecular flexibility index (Phi) is 4.10. The number of hydrogen-bond acceptors (Lipinski definition) is 0. The van der Waals surface area contributed by atoms with Gasteiger partial charge in [-0.25, -0.2) is 4.39 Å². The molecule has 3 aromatic rings. The highest BCUT2D eigenvalue weighted by Gasteiger charge is 2.49. The molecule has 1 atom stereocenters. The van der Waals surface area contributed by atoms with Crippen molar-refractivity contribution >= 4 is 10.8 Å². The number of rotatable bonds is 3. The summed E-state index contributed by atoms with van der Waals surface area (Å²) < 4.78 is 17.1. The first-order chi connectivity index (χ1) is 12.6. The lowest BCUT2D eigenvalue weighted by Crippen LogP contribution is -2.55. The first kappa shape index (κ1) is 17.2. The molecule has 1 unspecified atom stereocenters. The first-order valence-corrected chi connectivity index (χ1v) is 9.81. The summed E-state index contributed by atoms with van der Waals surface area (Å²) in [6.45, 7) is 8.63. The third-order valence-corrected chi connectivity index (χ3v) is 6.60. The molecular weight excluding hydrogens is 321 g/mol. The molecule has 2 aromatic carbocycles. The van der Waals surface area contributed by atoms with Crippen molar-refractivity contribution in [3.8, 4) is 11.3 Å². The Labute approximate surface area is 155 Å². The van der Waals surface area contributed by atoms with Crippen LogP contribution in [-0.2, 0) is 5.41 Å². The Balaban J connectivity index is 2.19. The quantitative estimate of drug-likeness (QED) is 0.492. The van der Waals surface area contributed by atoms with Crippen LogP contribution in [-0.4, -0.2) is 0 Å². The average molecular weight is 348 g/mol. The lowest BCUT2D eigenvalue weighted by atomic mass is 9.65. The largest absolute Gasteiger partial charge is 0.220 e. The molecule has 0 radical (unpaired) electrons. The van der Waals surface area contributed by atoms with Gasteiger partial charge in [-0.3, -0.25) is 0 Å². The normalized spacial score (nSPS) is 17.8. The second-order valence-corrected chi connectivity index (χ2v) is 7.59. The number of benzene rings is 2. The van der Waals surface area contributed by atoms with Crippen molar-refractivity contribution in [3.63, 3.8) is 0 Å². The number of aromatic nitrogens is 1. The van der Waals surface area contributed by atoms with E-state index >= 15 is 0 Å². The predicted octanol–water partition coefficient (Wildman–Crippen LogP) is 6.26. The Morgan fingerprint density at radius 1 is 1.04 bits per heavy atom. The van der Waals surface area contributed by atoms with Crippen LogP contribution < -0.4 is 4.57 Å². The standard InChI is InChI=1S/C24H27FN/c1-5-22-24(6-2,7-3)20-15-21(25)16(4)14-19(20)23-18-11-9-8-10-17(18)12-13-26(22)23/h8-15,22H,5-7H2,1-4H3/q+1. The van der Waals surface area contributed by atoms with Crippen molar-refractivity contribution < 1.29 is 8.96 Å². The average Bonchev–Trinajstić information content (AvgIpc) is 2.67. The summed E-state index contributed by atoms with van der Waals surface area (Å²) >= 11 is 0.